The minimum atomic E-state index is -0.210. The van der Waals surface area contributed by atoms with Crippen LogP contribution >= 0.6 is 0 Å². The van der Waals surface area contributed by atoms with Gasteiger partial charge >= 0.3 is 0 Å². The van der Waals surface area contributed by atoms with Crippen LogP contribution in [0.1, 0.15) is 16.2 Å². The molecule has 0 aliphatic heterocycles. The summed E-state index contributed by atoms with van der Waals surface area (Å²) in [4.78, 5) is 21.0. The molecule has 0 aliphatic carbocycles. The summed E-state index contributed by atoms with van der Waals surface area (Å²) in [5.41, 5.74) is 10.6. The Hall–Kier alpha value is -4.27. The zero-order chi connectivity index (χ0) is 21.4. The number of rotatable bonds is 5. The van der Waals surface area contributed by atoms with Gasteiger partial charge in [0.2, 0.25) is 0 Å². The summed E-state index contributed by atoms with van der Waals surface area (Å²) < 4.78 is 1.77. The maximum absolute atomic E-state index is 12.3. The first kappa shape index (κ1) is 18.7. The van der Waals surface area contributed by atoms with Gasteiger partial charge in [-0.05, 0) is 31.2 Å². The van der Waals surface area contributed by atoms with Crippen molar-refractivity contribution in [3.8, 4) is 11.3 Å². The van der Waals surface area contributed by atoms with Crippen molar-refractivity contribution in [2.75, 3.05) is 12.3 Å². The summed E-state index contributed by atoms with van der Waals surface area (Å²) in [6.45, 7) is 2.77. The first-order valence-electron chi connectivity index (χ1n) is 9.87. The van der Waals surface area contributed by atoms with Crippen molar-refractivity contribution < 1.29 is 4.79 Å². The number of anilines is 1. The molecular formula is C22H20N8O. The van der Waals surface area contributed by atoms with Gasteiger partial charge in [-0.3, -0.25) is 14.6 Å². The molecule has 4 heterocycles. The number of aromatic amines is 1. The third-order valence-corrected chi connectivity index (χ3v) is 5.08. The highest BCUT2D eigenvalue weighted by atomic mass is 16.1. The van der Waals surface area contributed by atoms with Crippen molar-refractivity contribution in [2.24, 2.45) is 0 Å². The van der Waals surface area contributed by atoms with Crippen LogP contribution in [0.5, 0.6) is 0 Å². The molecule has 4 aromatic heterocycles. The molecule has 0 spiro atoms. The molecule has 9 heteroatoms. The molecule has 5 aromatic rings. The fourth-order valence-electron chi connectivity index (χ4n) is 3.58. The lowest BCUT2D eigenvalue weighted by Crippen LogP contribution is -2.28. The lowest BCUT2D eigenvalue weighted by Gasteiger charge is -2.05. The molecule has 0 bridgehead atoms. The van der Waals surface area contributed by atoms with Gasteiger partial charge in [0.15, 0.2) is 5.82 Å². The third kappa shape index (κ3) is 3.57. The number of aromatic nitrogens is 6. The Morgan fingerprint density at radius 2 is 2.06 bits per heavy atom. The minimum absolute atomic E-state index is 0.210. The van der Waals surface area contributed by atoms with Gasteiger partial charge in [0.05, 0.1) is 17.8 Å². The number of benzene rings is 1. The number of fused-ring (bicyclic) bond motifs is 3. The Morgan fingerprint density at radius 3 is 2.87 bits per heavy atom. The van der Waals surface area contributed by atoms with Gasteiger partial charge in [0.25, 0.3) is 5.91 Å². The molecular weight excluding hydrogens is 392 g/mol. The van der Waals surface area contributed by atoms with Crippen molar-refractivity contribution in [3.63, 3.8) is 0 Å². The number of nitrogens with zero attached hydrogens (tertiary/aromatic N) is 5. The van der Waals surface area contributed by atoms with Gasteiger partial charge in [0.1, 0.15) is 11.2 Å². The van der Waals surface area contributed by atoms with E-state index in [9.17, 15) is 4.79 Å². The van der Waals surface area contributed by atoms with Crippen LogP contribution in [0.4, 0.5) is 5.82 Å². The zero-order valence-corrected chi connectivity index (χ0v) is 16.8. The van der Waals surface area contributed by atoms with E-state index >= 15 is 0 Å². The smallest absolute Gasteiger partial charge is 0.269 e. The number of aryl methyl sites for hydroxylation is 1. The second kappa shape index (κ2) is 7.52. The number of nitrogens with two attached hydrogens (primary N) is 1. The van der Waals surface area contributed by atoms with Crippen molar-refractivity contribution in [1.82, 2.24) is 35.3 Å². The van der Waals surface area contributed by atoms with Gasteiger partial charge in [-0.2, -0.15) is 10.2 Å². The Morgan fingerprint density at radius 1 is 1.16 bits per heavy atom. The molecule has 9 nitrogen and oxygen atoms in total. The largest absolute Gasteiger partial charge is 0.382 e. The molecule has 0 saturated carbocycles. The van der Waals surface area contributed by atoms with E-state index in [1.54, 1.807) is 16.9 Å². The SMILES string of the molecule is Cc1cccc(C(=O)NCCn2cc3c(n2)c(N)nc2cc(-c4cc[nH]n4)ccc23)n1. The number of nitrogens with one attached hydrogen (secondary N) is 2. The molecule has 0 fully saturated rings. The van der Waals surface area contributed by atoms with Gasteiger partial charge in [-0.1, -0.05) is 18.2 Å². The van der Waals surface area contributed by atoms with Crippen LogP contribution in [0.2, 0.25) is 0 Å². The predicted molar refractivity (Wildman–Crippen MR) is 118 cm³/mol. The van der Waals surface area contributed by atoms with E-state index in [-0.39, 0.29) is 5.91 Å². The highest BCUT2D eigenvalue weighted by molar-refractivity contribution is 6.08. The molecule has 1 amide bonds. The van der Waals surface area contributed by atoms with Crippen LogP contribution in [0.25, 0.3) is 33.1 Å². The van der Waals surface area contributed by atoms with Crippen LogP contribution in [0, 0.1) is 6.92 Å². The monoisotopic (exact) mass is 412 g/mol. The number of hydrogen-bond acceptors (Lipinski definition) is 6. The molecule has 0 aliphatic rings. The maximum Gasteiger partial charge on any atom is 0.269 e. The standard InChI is InChI=1S/C22H20N8O/c1-13-3-2-4-18(26-13)22(31)24-9-10-30-12-16-15-6-5-14(17-7-8-25-28-17)11-19(15)27-21(23)20(16)29-30/h2-8,11-12H,9-10H2,1H3,(H2,23,27)(H,24,31)(H,25,28). The quantitative estimate of drug-likeness (QED) is 0.407. The lowest BCUT2D eigenvalue weighted by molar-refractivity contribution is 0.0947. The number of nitrogen functional groups attached to an aromatic ring is 1. The number of carbonyl (C=O) groups excluding carboxylic acids is 1. The third-order valence-electron chi connectivity index (χ3n) is 5.08. The van der Waals surface area contributed by atoms with E-state index in [2.05, 4.69) is 30.6 Å². The van der Waals surface area contributed by atoms with Gasteiger partial charge in [-0.25, -0.2) is 9.97 Å². The molecule has 0 saturated heterocycles. The van der Waals surface area contributed by atoms with E-state index in [1.165, 1.54) is 0 Å². The molecule has 4 N–H and O–H groups in total. The van der Waals surface area contributed by atoms with Gasteiger partial charge < -0.3 is 11.1 Å². The van der Waals surface area contributed by atoms with Crippen LogP contribution in [-0.2, 0) is 6.54 Å². The first-order chi connectivity index (χ1) is 15.1. The minimum Gasteiger partial charge on any atom is -0.382 e. The second-order valence-corrected chi connectivity index (χ2v) is 7.26. The summed E-state index contributed by atoms with van der Waals surface area (Å²) in [7, 11) is 0. The molecule has 5 rings (SSSR count). The van der Waals surface area contributed by atoms with Gasteiger partial charge in [-0.15, -0.1) is 0 Å². The van der Waals surface area contributed by atoms with Gasteiger partial charge in [0, 0.05) is 41.0 Å². The average Bonchev–Trinajstić information content (AvgIpc) is 3.44. The molecule has 0 radical (unpaired) electrons. The summed E-state index contributed by atoms with van der Waals surface area (Å²) in [5, 5.41) is 16.4. The molecule has 154 valence electrons. The Kier molecular flexibility index (Phi) is 4.55. The average molecular weight is 412 g/mol. The molecule has 1 aromatic carbocycles. The van der Waals surface area contributed by atoms with Crippen LogP contribution < -0.4 is 11.1 Å². The summed E-state index contributed by atoms with van der Waals surface area (Å²) >= 11 is 0. The van der Waals surface area contributed by atoms with E-state index < -0.39 is 0 Å². The Balaban J connectivity index is 1.38. The topological polar surface area (TPSA) is 127 Å². The fraction of sp³-hybridized carbons (Fsp3) is 0.136. The Labute approximate surface area is 177 Å². The van der Waals surface area contributed by atoms with Crippen LogP contribution in [0.3, 0.4) is 0 Å². The maximum atomic E-state index is 12.3. The summed E-state index contributed by atoms with van der Waals surface area (Å²) in [5.74, 6) is 0.159. The van der Waals surface area contributed by atoms with Crippen molar-refractivity contribution in [2.45, 2.75) is 13.5 Å². The van der Waals surface area contributed by atoms with Crippen molar-refractivity contribution in [3.05, 3.63) is 66.2 Å². The predicted octanol–water partition coefficient (Wildman–Crippen LogP) is 2.69. The summed E-state index contributed by atoms with van der Waals surface area (Å²) in [6, 6.07) is 13.2. The highest BCUT2D eigenvalue weighted by Crippen LogP contribution is 2.29. The highest BCUT2D eigenvalue weighted by Gasteiger charge is 2.13. The number of amides is 1. The lowest BCUT2D eigenvalue weighted by atomic mass is 10.1. The second-order valence-electron chi connectivity index (χ2n) is 7.26. The van der Waals surface area contributed by atoms with E-state index in [0.717, 1.165) is 33.2 Å². The first-order valence-corrected chi connectivity index (χ1v) is 9.87. The van der Waals surface area contributed by atoms with Crippen LogP contribution in [0.15, 0.2) is 54.9 Å². The molecule has 0 unspecified atom stereocenters. The van der Waals surface area contributed by atoms with Crippen molar-refractivity contribution >= 4 is 33.5 Å². The zero-order valence-electron chi connectivity index (χ0n) is 16.8. The van der Waals surface area contributed by atoms with E-state index in [0.29, 0.717) is 30.1 Å². The van der Waals surface area contributed by atoms with Crippen molar-refractivity contribution in [1.29, 1.82) is 0 Å². The number of carbonyl (C=O) groups is 1. The number of hydrogen-bond donors (Lipinski definition) is 3. The Bertz CT molecular complexity index is 1400. The summed E-state index contributed by atoms with van der Waals surface area (Å²) in [6.07, 6.45) is 3.71. The fourth-order valence-corrected chi connectivity index (χ4v) is 3.58. The van der Waals surface area contributed by atoms with E-state index in [4.69, 9.17) is 5.73 Å². The normalized spacial score (nSPS) is 11.3. The number of H-pyrrole nitrogens is 1. The molecule has 0 atom stereocenters. The molecule has 31 heavy (non-hydrogen) atoms. The number of pyridine rings is 2. The van der Waals surface area contributed by atoms with Crippen LogP contribution in [-0.4, -0.2) is 42.4 Å². The van der Waals surface area contributed by atoms with E-state index in [1.807, 2.05) is 49.5 Å².